The van der Waals surface area contributed by atoms with Crippen LogP contribution in [0.3, 0.4) is 0 Å². The van der Waals surface area contributed by atoms with Gasteiger partial charge in [-0.1, -0.05) is 0 Å². The lowest BCUT2D eigenvalue weighted by Crippen LogP contribution is -2.09. The fourth-order valence-corrected chi connectivity index (χ4v) is 3.10. The van der Waals surface area contributed by atoms with Crippen LogP contribution in [0.1, 0.15) is 12.0 Å². The van der Waals surface area contributed by atoms with Crippen LogP contribution in [0.15, 0.2) is 12.1 Å². The molecule has 1 unspecified atom stereocenters. The number of nitrogens with two attached hydrogens (primary N) is 1. The molecule has 3 N–H and O–H groups in total. The normalized spacial score (nSPS) is 13.8. The molecule has 0 bridgehead atoms. The summed E-state index contributed by atoms with van der Waals surface area (Å²) in [6.07, 6.45) is -0.281. The first-order chi connectivity index (χ1) is 9.30. The van der Waals surface area contributed by atoms with E-state index in [1.54, 1.807) is 0 Å². The van der Waals surface area contributed by atoms with Crippen molar-refractivity contribution >= 4 is 13.1 Å². The number of rotatable bonds is 7. The number of benzene rings is 1. The number of hydrogen-bond acceptors (Lipinski definition) is 7. The molecular formula is C11H15N2O6P-. The van der Waals surface area contributed by atoms with Crippen molar-refractivity contribution in [2.75, 3.05) is 13.3 Å². The Kier molecular flexibility index (Phi) is 5.50. The first-order valence-corrected chi connectivity index (χ1v) is 7.67. The Morgan fingerprint density at radius 3 is 2.70 bits per heavy atom. The zero-order valence-corrected chi connectivity index (χ0v) is 11.7. The maximum absolute atomic E-state index is 11.8. The van der Waals surface area contributed by atoms with E-state index in [1.807, 2.05) is 0 Å². The van der Waals surface area contributed by atoms with Crippen LogP contribution >= 0.6 is 7.37 Å². The van der Waals surface area contributed by atoms with E-state index in [1.165, 1.54) is 19.7 Å². The molecule has 1 radical (unpaired) electrons. The number of aromatic hydroxyl groups is 1. The summed E-state index contributed by atoms with van der Waals surface area (Å²) in [4.78, 5) is 21.8. The molecular weight excluding hydrogens is 287 g/mol. The summed E-state index contributed by atoms with van der Waals surface area (Å²) in [7, 11) is -2.52. The average Bonchev–Trinajstić information content (AvgIpc) is 2.37. The predicted molar refractivity (Wildman–Crippen MR) is 70.6 cm³/mol. The van der Waals surface area contributed by atoms with Crippen molar-refractivity contribution in [2.24, 2.45) is 5.73 Å². The van der Waals surface area contributed by atoms with E-state index in [0.29, 0.717) is 0 Å². The van der Waals surface area contributed by atoms with Gasteiger partial charge in [-0.05, 0) is 24.2 Å². The average molecular weight is 302 g/mol. The topological polar surface area (TPSA) is 139 Å². The van der Waals surface area contributed by atoms with Crippen molar-refractivity contribution in [1.29, 1.82) is 0 Å². The standard InChI is InChI=1S/C11H16N2O6P/c1-19-10-6-8(5-9(11(10)14)13(15)16)7-20(17,18)4-2-3-12/h3,5-6,14H,2,4,7,12H2,1H3,(H,17,18)/p-1. The molecule has 0 saturated heterocycles. The first-order valence-electron chi connectivity index (χ1n) is 5.67. The van der Waals surface area contributed by atoms with Crippen LogP contribution in [0.25, 0.3) is 0 Å². The Morgan fingerprint density at radius 1 is 1.55 bits per heavy atom. The van der Waals surface area contributed by atoms with Gasteiger partial charge in [-0.3, -0.25) is 10.1 Å². The van der Waals surface area contributed by atoms with Crippen molar-refractivity contribution < 1.29 is 24.2 Å². The van der Waals surface area contributed by atoms with Gasteiger partial charge in [0, 0.05) is 26.1 Å². The van der Waals surface area contributed by atoms with Gasteiger partial charge in [0.2, 0.25) is 5.75 Å². The summed E-state index contributed by atoms with van der Waals surface area (Å²) in [6, 6.07) is 2.29. The van der Waals surface area contributed by atoms with Crippen LogP contribution in [0, 0.1) is 16.7 Å². The molecule has 20 heavy (non-hydrogen) atoms. The summed E-state index contributed by atoms with van der Waals surface area (Å²) in [5.41, 5.74) is 4.72. The number of ether oxygens (including phenoxy) is 1. The molecule has 8 nitrogen and oxygen atoms in total. The molecule has 1 aromatic carbocycles. The van der Waals surface area contributed by atoms with Gasteiger partial charge in [-0.15, -0.1) is 0 Å². The molecule has 0 fully saturated rings. The summed E-state index contributed by atoms with van der Waals surface area (Å²) in [6.45, 7) is 1.24. The Balaban J connectivity index is 3.10. The van der Waals surface area contributed by atoms with Crippen LogP contribution in [-0.2, 0) is 10.7 Å². The van der Waals surface area contributed by atoms with E-state index >= 15 is 0 Å². The summed E-state index contributed by atoms with van der Waals surface area (Å²) >= 11 is 0. The maximum atomic E-state index is 11.8. The van der Waals surface area contributed by atoms with Crippen molar-refractivity contribution in [1.82, 2.24) is 0 Å². The van der Waals surface area contributed by atoms with Crippen LogP contribution in [0.4, 0.5) is 5.69 Å². The third kappa shape index (κ3) is 4.19. The van der Waals surface area contributed by atoms with Gasteiger partial charge in [0.1, 0.15) is 0 Å². The van der Waals surface area contributed by atoms with Gasteiger partial charge in [0.05, 0.1) is 12.0 Å². The van der Waals surface area contributed by atoms with Crippen LogP contribution in [0.5, 0.6) is 11.5 Å². The third-order valence-corrected chi connectivity index (χ3v) is 4.38. The van der Waals surface area contributed by atoms with Gasteiger partial charge in [0.15, 0.2) is 5.75 Å². The highest BCUT2D eigenvalue weighted by molar-refractivity contribution is 7.55. The molecule has 111 valence electrons. The van der Waals surface area contributed by atoms with Gasteiger partial charge < -0.3 is 25.0 Å². The van der Waals surface area contributed by atoms with Gasteiger partial charge in [0.25, 0.3) is 0 Å². The highest BCUT2D eigenvalue weighted by Gasteiger charge is 2.21. The van der Waals surface area contributed by atoms with Crippen LogP contribution in [0.2, 0.25) is 0 Å². The molecule has 1 atom stereocenters. The molecule has 0 aliphatic heterocycles. The second kappa shape index (κ2) is 6.69. The fraction of sp³-hybridized carbons (Fsp3) is 0.364. The highest BCUT2D eigenvalue weighted by atomic mass is 31.2. The quantitative estimate of drug-likeness (QED) is 0.434. The van der Waals surface area contributed by atoms with Crippen LogP contribution < -0.4 is 15.4 Å². The highest BCUT2D eigenvalue weighted by Crippen LogP contribution is 2.44. The minimum atomic E-state index is -3.75. The van der Waals surface area contributed by atoms with E-state index in [4.69, 9.17) is 10.5 Å². The summed E-state index contributed by atoms with van der Waals surface area (Å²) < 4.78 is 16.6. The molecule has 0 aliphatic carbocycles. The molecule has 0 aromatic heterocycles. The fourth-order valence-electron chi connectivity index (χ4n) is 1.66. The molecule has 0 amide bonds. The van der Waals surface area contributed by atoms with E-state index in [2.05, 4.69) is 0 Å². The zero-order valence-electron chi connectivity index (χ0n) is 10.8. The number of methoxy groups -OCH3 is 1. The van der Waals surface area contributed by atoms with E-state index < -0.39 is 23.7 Å². The number of nitro groups is 1. The zero-order chi connectivity index (χ0) is 15.3. The Bertz CT molecular complexity index is 548. The van der Waals surface area contributed by atoms with Gasteiger partial charge in [-0.25, -0.2) is 0 Å². The number of nitrogens with zero attached hydrogens (tertiary/aromatic N) is 1. The second-order valence-corrected chi connectivity index (χ2v) is 6.54. The maximum Gasteiger partial charge on any atom is 0.314 e. The van der Waals surface area contributed by atoms with Crippen molar-refractivity contribution in [3.05, 3.63) is 34.4 Å². The largest absolute Gasteiger partial charge is 0.799 e. The number of nitro benzene ring substituents is 1. The minimum Gasteiger partial charge on any atom is -0.799 e. The van der Waals surface area contributed by atoms with Gasteiger partial charge in [-0.2, -0.15) is 0 Å². The number of phenolic OH excluding ortho intramolecular Hbond substituents is 1. The molecule has 0 saturated carbocycles. The SMILES string of the molecule is COc1cc(CP(=O)([O-])CC[CH]N)cc([N+](=O)[O-])c1O. The number of phenols is 1. The van der Waals surface area contributed by atoms with E-state index in [0.717, 1.165) is 6.07 Å². The second-order valence-electron chi connectivity index (χ2n) is 4.14. The molecule has 0 spiro atoms. The minimum absolute atomic E-state index is 0.125. The molecule has 0 aliphatic rings. The third-order valence-electron chi connectivity index (χ3n) is 2.59. The molecule has 1 aromatic rings. The lowest BCUT2D eigenvalue weighted by molar-refractivity contribution is -0.386. The van der Waals surface area contributed by atoms with E-state index in [9.17, 15) is 24.7 Å². The Labute approximate surface area is 115 Å². The smallest absolute Gasteiger partial charge is 0.314 e. The van der Waals surface area contributed by atoms with Crippen molar-refractivity contribution in [3.63, 3.8) is 0 Å². The van der Waals surface area contributed by atoms with E-state index in [-0.39, 0.29) is 30.1 Å². The number of hydrogen-bond donors (Lipinski definition) is 2. The monoisotopic (exact) mass is 302 g/mol. The molecule has 9 heteroatoms. The Hall–Kier alpha value is -1.63. The van der Waals surface area contributed by atoms with Crippen molar-refractivity contribution in [3.8, 4) is 11.5 Å². The lowest BCUT2D eigenvalue weighted by Gasteiger charge is -2.23. The predicted octanol–water partition coefficient (Wildman–Crippen LogP) is 0.958. The Morgan fingerprint density at radius 2 is 2.20 bits per heavy atom. The molecule has 1 rings (SSSR count). The summed E-state index contributed by atoms with van der Waals surface area (Å²) in [5.74, 6) is -0.767. The first kappa shape index (κ1) is 16.4. The van der Waals surface area contributed by atoms with Crippen LogP contribution in [-0.4, -0.2) is 23.3 Å². The molecule has 0 heterocycles. The lowest BCUT2D eigenvalue weighted by atomic mass is 10.2. The van der Waals surface area contributed by atoms with Gasteiger partial charge >= 0.3 is 5.69 Å². The van der Waals surface area contributed by atoms with Crippen molar-refractivity contribution in [2.45, 2.75) is 12.6 Å². The summed E-state index contributed by atoms with van der Waals surface area (Å²) in [5, 5.41) is 20.4.